The number of carbonyl (C=O) groups is 1. The van der Waals surface area contributed by atoms with Crippen molar-refractivity contribution in [2.75, 3.05) is 39.3 Å². The molecule has 2 rings (SSSR count). The van der Waals surface area contributed by atoms with Crippen molar-refractivity contribution in [2.45, 2.75) is 51.6 Å². The number of nitrogens with zero attached hydrogens (tertiary/aromatic N) is 3. The Morgan fingerprint density at radius 3 is 2.04 bits per heavy atom. The first-order valence-electron chi connectivity index (χ1n) is 9.93. The number of hydrogen-bond acceptors (Lipinski definition) is 5. The van der Waals surface area contributed by atoms with Gasteiger partial charge >= 0.3 is 0 Å². The van der Waals surface area contributed by atoms with Crippen molar-refractivity contribution >= 4 is 15.9 Å². The van der Waals surface area contributed by atoms with E-state index in [1.807, 2.05) is 44.4 Å². The first-order chi connectivity index (χ1) is 13.2. The van der Waals surface area contributed by atoms with Crippen LogP contribution in [0.25, 0.3) is 0 Å². The Morgan fingerprint density at radius 2 is 1.57 bits per heavy atom. The number of sulfonamides is 1. The normalized spacial score (nSPS) is 16.5. The van der Waals surface area contributed by atoms with Crippen molar-refractivity contribution < 1.29 is 17.9 Å². The quantitative estimate of drug-likeness (QED) is 0.655. The second kappa shape index (κ2) is 9.71. The lowest BCUT2D eigenvalue weighted by Gasteiger charge is -2.36. The molecule has 0 bridgehead atoms. The minimum absolute atomic E-state index is 0.0906. The summed E-state index contributed by atoms with van der Waals surface area (Å²) >= 11 is 0. The van der Waals surface area contributed by atoms with Gasteiger partial charge in [0.2, 0.25) is 15.9 Å². The van der Waals surface area contributed by atoms with Gasteiger partial charge in [-0.1, -0.05) is 0 Å². The number of hydrogen-bond donors (Lipinski definition) is 0. The highest BCUT2D eigenvalue weighted by Crippen LogP contribution is 2.21. The van der Waals surface area contributed by atoms with Crippen LogP contribution >= 0.6 is 0 Å². The minimum atomic E-state index is -3.53. The Hall–Kier alpha value is -1.64. The van der Waals surface area contributed by atoms with Crippen LogP contribution in [0, 0.1) is 0 Å². The number of carbonyl (C=O) groups excluding carboxylic acids is 1. The molecule has 7 nitrogen and oxygen atoms in total. The van der Waals surface area contributed by atoms with Crippen LogP contribution in [0.15, 0.2) is 29.2 Å². The van der Waals surface area contributed by atoms with Crippen LogP contribution < -0.4 is 4.74 Å². The Kier molecular flexibility index (Phi) is 7.86. The zero-order valence-electron chi connectivity index (χ0n) is 17.6. The van der Waals surface area contributed by atoms with Crippen molar-refractivity contribution in [3.8, 4) is 5.75 Å². The molecule has 1 heterocycles. The second-order valence-corrected chi connectivity index (χ2v) is 9.51. The number of benzene rings is 1. The van der Waals surface area contributed by atoms with Gasteiger partial charge in [-0.3, -0.25) is 9.69 Å². The Bertz CT molecular complexity index is 731. The summed E-state index contributed by atoms with van der Waals surface area (Å²) in [6.45, 7) is 12.7. The molecule has 0 unspecified atom stereocenters. The van der Waals surface area contributed by atoms with Crippen molar-refractivity contribution in [3.63, 3.8) is 0 Å². The maximum atomic E-state index is 12.9. The summed E-state index contributed by atoms with van der Waals surface area (Å²) in [4.78, 5) is 16.8. The van der Waals surface area contributed by atoms with Crippen LogP contribution in [0.3, 0.4) is 0 Å². The summed E-state index contributed by atoms with van der Waals surface area (Å²) in [7, 11) is -3.53. The predicted octanol–water partition coefficient (Wildman–Crippen LogP) is 2.04. The van der Waals surface area contributed by atoms with E-state index in [2.05, 4.69) is 0 Å². The third-order valence-electron chi connectivity index (χ3n) is 4.86. The highest BCUT2D eigenvalue weighted by atomic mass is 32.2. The van der Waals surface area contributed by atoms with E-state index in [-0.39, 0.29) is 22.9 Å². The SMILES string of the molecule is CCOc1ccc(S(=O)(=O)N2CCN(CC(=O)N(C(C)C)C(C)C)CC2)cc1. The molecule has 1 aliphatic heterocycles. The van der Waals surface area contributed by atoms with E-state index >= 15 is 0 Å². The lowest BCUT2D eigenvalue weighted by Crippen LogP contribution is -2.53. The van der Waals surface area contributed by atoms with E-state index in [0.29, 0.717) is 45.1 Å². The maximum Gasteiger partial charge on any atom is 0.243 e. The molecule has 1 amide bonds. The van der Waals surface area contributed by atoms with Crippen molar-refractivity contribution in [1.29, 1.82) is 0 Å². The van der Waals surface area contributed by atoms with Crippen LogP contribution in [0.2, 0.25) is 0 Å². The number of amides is 1. The van der Waals surface area contributed by atoms with Gasteiger partial charge in [0, 0.05) is 38.3 Å². The van der Waals surface area contributed by atoms with Crippen LogP contribution in [0.4, 0.5) is 0 Å². The standard InChI is InChI=1S/C20H33N3O4S/c1-6-27-18-7-9-19(10-8-18)28(25,26)22-13-11-21(12-14-22)15-20(24)23(16(2)3)17(4)5/h7-10,16-17H,6,11-15H2,1-5H3. The molecule has 1 fully saturated rings. The van der Waals surface area contributed by atoms with Gasteiger partial charge < -0.3 is 9.64 Å². The fraction of sp³-hybridized carbons (Fsp3) is 0.650. The van der Waals surface area contributed by atoms with E-state index in [4.69, 9.17) is 4.74 Å². The smallest absolute Gasteiger partial charge is 0.243 e. The van der Waals surface area contributed by atoms with Crippen molar-refractivity contribution in [2.24, 2.45) is 0 Å². The molecule has 158 valence electrons. The topological polar surface area (TPSA) is 70.2 Å². The summed E-state index contributed by atoms with van der Waals surface area (Å²) < 4.78 is 32.6. The molecule has 0 radical (unpaired) electrons. The second-order valence-electron chi connectivity index (χ2n) is 7.57. The average Bonchev–Trinajstić information content (AvgIpc) is 2.62. The number of ether oxygens (including phenoxy) is 1. The van der Waals surface area contributed by atoms with E-state index in [1.165, 1.54) is 4.31 Å². The van der Waals surface area contributed by atoms with Gasteiger partial charge in [-0.2, -0.15) is 4.31 Å². The van der Waals surface area contributed by atoms with E-state index in [0.717, 1.165) is 0 Å². The van der Waals surface area contributed by atoms with Gasteiger partial charge in [0.15, 0.2) is 0 Å². The molecular weight excluding hydrogens is 378 g/mol. The van der Waals surface area contributed by atoms with Gasteiger partial charge in [-0.05, 0) is 58.9 Å². The molecule has 0 spiro atoms. The third kappa shape index (κ3) is 5.46. The molecule has 1 aliphatic rings. The van der Waals surface area contributed by atoms with Crippen LogP contribution in [0.5, 0.6) is 5.75 Å². The summed E-state index contributed by atoms with van der Waals surface area (Å²) in [5.41, 5.74) is 0. The molecule has 1 saturated heterocycles. The summed E-state index contributed by atoms with van der Waals surface area (Å²) in [5, 5.41) is 0. The van der Waals surface area contributed by atoms with Crippen molar-refractivity contribution in [3.05, 3.63) is 24.3 Å². The molecule has 8 heteroatoms. The van der Waals surface area contributed by atoms with Gasteiger partial charge in [-0.15, -0.1) is 0 Å². The average molecular weight is 412 g/mol. The van der Waals surface area contributed by atoms with E-state index < -0.39 is 10.0 Å². The zero-order valence-corrected chi connectivity index (χ0v) is 18.4. The lowest BCUT2D eigenvalue weighted by atomic mass is 10.2. The fourth-order valence-electron chi connectivity index (χ4n) is 3.60. The predicted molar refractivity (Wildman–Crippen MR) is 110 cm³/mol. The molecule has 0 N–H and O–H groups in total. The van der Waals surface area contributed by atoms with E-state index in [1.54, 1.807) is 24.3 Å². The van der Waals surface area contributed by atoms with Gasteiger partial charge in [0.25, 0.3) is 0 Å². The molecular formula is C20H33N3O4S. The molecule has 0 atom stereocenters. The van der Waals surface area contributed by atoms with Gasteiger partial charge in [-0.25, -0.2) is 8.42 Å². The zero-order chi connectivity index (χ0) is 20.9. The maximum absolute atomic E-state index is 12.9. The molecule has 0 aromatic heterocycles. The molecule has 1 aromatic rings. The molecule has 28 heavy (non-hydrogen) atoms. The van der Waals surface area contributed by atoms with Gasteiger partial charge in [0.1, 0.15) is 5.75 Å². The highest BCUT2D eigenvalue weighted by Gasteiger charge is 2.30. The highest BCUT2D eigenvalue weighted by molar-refractivity contribution is 7.89. The fourth-order valence-corrected chi connectivity index (χ4v) is 5.02. The lowest BCUT2D eigenvalue weighted by molar-refractivity contribution is -0.136. The minimum Gasteiger partial charge on any atom is -0.494 e. The van der Waals surface area contributed by atoms with E-state index in [9.17, 15) is 13.2 Å². The first-order valence-corrected chi connectivity index (χ1v) is 11.4. The van der Waals surface area contributed by atoms with Gasteiger partial charge in [0.05, 0.1) is 18.0 Å². The van der Waals surface area contributed by atoms with Crippen LogP contribution in [0.1, 0.15) is 34.6 Å². The molecule has 1 aromatic carbocycles. The number of rotatable bonds is 8. The van der Waals surface area contributed by atoms with Crippen LogP contribution in [-0.4, -0.2) is 79.8 Å². The Morgan fingerprint density at radius 1 is 1.04 bits per heavy atom. The Labute approximate surface area is 169 Å². The van der Waals surface area contributed by atoms with Crippen molar-refractivity contribution in [1.82, 2.24) is 14.1 Å². The first kappa shape index (κ1) is 22.6. The molecule has 0 saturated carbocycles. The van der Waals surface area contributed by atoms with Crippen LogP contribution in [-0.2, 0) is 14.8 Å². The Balaban J connectivity index is 1.96. The third-order valence-corrected chi connectivity index (χ3v) is 6.78. The summed E-state index contributed by atoms with van der Waals surface area (Å²) in [6.07, 6.45) is 0. The summed E-state index contributed by atoms with van der Waals surface area (Å²) in [5.74, 6) is 0.748. The molecule has 0 aliphatic carbocycles. The largest absolute Gasteiger partial charge is 0.494 e. The monoisotopic (exact) mass is 411 g/mol. The number of piperazine rings is 1. The summed E-state index contributed by atoms with van der Waals surface area (Å²) in [6, 6.07) is 6.82.